The highest BCUT2D eigenvalue weighted by Crippen LogP contribution is 2.21. The van der Waals surface area contributed by atoms with Gasteiger partial charge in [0.1, 0.15) is 0 Å². The first kappa shape index (κ1) is 9.32. The van der Waals surface area contributed by atoms with Crippen LogP contribution in [-0.2, 0) is 0 Å². The lowest BCUT2D eigenvalue weighted by Crippen LogP contribution is -2.05. The third kappa shape index (κ3) is 4.22. The van der Waals surface area contributed by atoms with E-state index in [0.717, 1.165) is 0 Å². The van der Waals surface area contributed by atoms with Crippen molar-refractivity contribution in [2.45, 2.75) is 12.6 Å². The lowest BCUT2D eigenvalue weighted by Gasteiger charge is -1.98. The molecule has 0 aromatic heterocycles. The minimum absolute atomic E-state index is 1.07. The summed E-state index contributed by atoms with van der Waals surface area (Å²) in [5, 5.41) is 0. The fraction of sp³-hybridized carbons (Fsp3) is 0.500. The van der Waals surface area contributed by atoms with Crippen molar-refractivity contribution in [3.63, 3.8) is 0 Å². The Morgan fingerprint density at radius 2 is 1.60 bits per heavy atom. The Morgan fingerprint density at radius 3 is 1.70 bits per heavy atom. The zero-order valence-electron chi connectivity index (χ0n) is 4.42. The molecule has 0 heterocycles. The van der Waals surface area contributed by atoms with E-state index in [2.05, 4.69) is 0 Å². The minimum atomic E-state index is -5.01. The number of rotatable bonds is 1. The monoisotopic (exact) mass is 164 g/mol. The zero-order valence-corrected chi connectivity index (χ0v) is 4.42. The smallest absolute Gasteiger partial charge is 0.205 e. The summed E-state index contributed by atoms with van der Waals surface area (Å²) in [5.41, 5.74) is 0. The molecule has 0 aliphatic carbocycles. The molecule has 0 aliphatic heterocycles. The summed E-state index contributed by atoms with van der Waals surface area (Å²) < 4.78 is 66.5. The van der Waals surface area contributed by atoms with Gasteiger partial charge in [-0.05, 0) is 0 Å². The van der Waals surface area contributed by atoms with E-state index in [4.69, 9.17) is 0 Å². The van der Waals surface area contributed by atoms with Gasteiger partial charge in [0.05, 0.1) is 6.08 Å². The minimum Gasteiger partial charge on any atom is -0.205 e. The Kier molecular flexibility index (Phi) is 2.74. The summed E-state index contributed by atoms with van der Waals surface area (Å²) in [6, 6.07) is 0. The van der Waals surface area contributed by atoms with Crippen LogP contribution in [0.5, 0.6) is 0 Å². The van der Waals surface area contributed by atoms with Gasteiger partial charge in [0.25, 0.3) is 6.43 Å². The van der Waals surface area contributed by atoms with Crippen LogP contribution in [0.1, 0.15) is 0 Å². The summed E-state index contributed by atoms with van der Waals surface area (Å²) in [7, 11) is 0. The summed E-state index contributed by atoms with van der Waals surface area (Å²) in [5.74, 6) is -2.47. The van der Waals surface area contributed by atoms with Gasteiger partial charge in [-0.1, -0.05) is 0 Å². The molecule has 0 N–H and O–H groups in total. The Bertz CT molecular complexity index is 131. The standard InChI is InChI=1S/C4H2F6/c5-2(3(6)7)1-4(8,9)10/h1,3H/b2-1+. The first-order chi connectivity index (χ1) is 4.33. The van der Waals surface area contributed by atoms with Crippen LogP contribution >= 0.6 is 0 Å². The predicted octanol–water partition coefficient (Wildman–Crippen LogP) is 2.67. The Morgan fingerprint density at radius 1 is 1.20 bits per heavy atom. The fourth-order valence-electron chi connectivity index (χ4n) is 0.219. The molecule has 6 heteroatoms. The van der Waals surface area contributed by atoms with E-state index in [1.807, 2.05) is 0 Å². The number of alkyl halides is 5. The van der Waals surface area contributed by atoms with E-state index in [9.17, 15) is 26.3 Å². The predicted molar refractivity (Wildman–Crippen MR) is 21.2 cm³/mol. The molecule has 10 heavy (non-hydrogen) atoms. The molecule has 0 saturated heterocycles. The van der Waals surface area contributed by atoms with E-state index in [-0.39, 0.29) is 0 Å². The fourth-order valence-corrected chi connectivity index (χ4v) is 0.219. The lowest BCUT2D eigenvalue weighted by molar-refractivity contribution is -0.0829. The second-order valence-electron chi connectivity index (χ2n) is 1.37. The van der Waals surface area contributed by atoms with E-state index in [0.29, 0.717) is 0 Å². The molecule has 0 aromatic carbocycles. The first-order valence-corrected chi connectivity index (χ1v) is 2.06. The molecule has 0 rings (SSSR count). The summed E-state index contributed by atoms with van der Waals surface area (Å²) in [4.78, 5) is 0. The van der Waals surface area contributed by atoms with Gasteiger partial charge >= 0.3 is 6.18 Å². The SMILES string of the molecule is F/C(=C/C(F)(F)F)C(F)F. The highest BCUT2D eigenvalue weighted by atomic mass is 19.4. The van der Waals surface area contributed by atoms with Crippen molar-refractivity contribution in [2.24, 2.45) is 0 Å². The average Bonchev–Trinajstić information content (AvgIpc) is 1.60. The van der Waals surface area contributed by atoms with Crippen molar-refractivity contribution in [1.29, 1.82) is 0 Å². The average molecular weight is 164 g/mol. The van der Waals surface area contributed by atoms with Gasteiger partial charge in [-0.15, -0.1) is 0 Å². The van der Waals surface area contributed by atoms with Crippen molar-refractivity contribution in [3.05, 3.63) is 11.9 Å². The first-order valence-electron chi connectivity index (χ1n) is 2.06. The molecule has 0 bridgehead atoms. The highest BCUT2D eigenvalue weighted by molar-refractivity contribution is 4.98. The van der Waals surface area contributed by atoms with E-state index in [1.165, 1.54) is 0 Å². The number of hydrogen-bond donors (Lipinski definition) is 0. The van der Waals surface area contributed by atoms with Crippen LogP contribution in [0.2, 0.25) is 0 Å². The molecule has 0 amide bonds. The second-order valence-corrected chi connectivity index (χ2v) is 1.37. The lowest BCUT2D eigenvalue weighted by atomic mass is 10.5. The van der Waals surface area contributed by atoms with Gasteiger partial charge in [-0.2, -0.15) is 13.2 Å². The number of allylic oxidation sites excluding steroid dienone is 2. The van der Waals surface area contributed by atoms with Crippen LogP contribution in [-0.4, -0.2) is 12.6 Å². The van der Waals surface area contributed by atoms with Crippen LogP contribution in [0.4, 0.5) is 26.3 Å². The summed E-state index contributed by atoms with van der Waals surface area (Å²) >= 11 is 0. The molecule has 60 valence electrons. The van der Waals surface area contributed by atoms with E-state index in [1.54, 1.807) is 0 Å². The largest absolute Gasteiger partial charge is 0.412 e. The molecule has 0 radical (unpaired) electrons. The zero-order chi connectivity index (χ0) is 8.36. The van der Waals surface area contributed by atoms with Crippen molar-refractivity contribution >= 4 is 0 Å². The van der Waals surface area contributed by atoms with Gasteiger partial charge in [0.15, 0.2) is 5.83 Å². The van der Waals surface area contributed by atoms with Crippen LogP contribution in [0, 0.1) is 0 Å². The van der Waals surface area contributed by atoms with Crippen molar-refractivity contribution < 1.29 is 26.3 Å². The third-order valence-corrected chi connectivity index (χ3v) is 0.510. The molecule has 0 fully saturated rings. The molecule has 0 spiro atoms. The van der Waals surface area contributed by atoms with Gasteiger partial charge in [-0.3, -0.25) is 0 Å². The van der Waals surface area contributed by atoms with Crippen LogP contribution in [0.3, 0.4) is 0 Å². The number of halogens is 6. The quantitative estimate of drug-likeness (QED) is 0.522. The molecular formula is C4H2F6. The van der Waals surface area contributed by atoms with E-state index >= 15 is 0 Å². The maximum atomic E-state index is 11.4. The Labute approximate surface area is 52.1 Å². The van der Waals surface area contributed by atoms with E-state index < -0.39 is 24.5 Å². The third-order valence-electron chi connectivity index (χ3n) is 0.510. The van der Waals surface area contributed by atoms with Gasteiger partial charge in [-0.25, -0.2) is 13.2 Å². The Hall–Kier alpha value is -0.680. The van der Waals surface area contributed by atoms with Gasteiger partial charge in [0, 0.05) is 0 Å². The van der Waals surface area contributed by atoms with Crippen LogP contribution in [0.15, 0.2) is 11.9 Å². The Balaban J connectivity index is 4.17. The summed E-state index contributed by atoms with van der Waals surface area (Å²) in [6.45, 7) is 0. The maximum absolute atomic E-state index is 11.4. The molecule has 0 aliphatic rings. The molecule has 0 atom stereocenters. The highest BCUT2D eigenvalue weighted by Gasteiger charge is 2.27. The summed E-state index contributed by atoms with van der Waals surface area (Å²) in [6.07, 6.45) is -9.78. The topological polar surface area (TPSA) is 0 Å². The van der Waals surface area contributed by atoms with Crippen LogP contribution in [0.25, 0.3) is 0 Å². The normalized spacial score (nSPS) is 14.5. The second kappa shape index (κ2) is 2.94. The maximum Gasteiger partial charge on any atom is 0.412 e. The molecule has 0 saturated carbocycles. The van der Waals surface area contributed by atoms with Gasteiger partial charge in [0.2, 0.25) is 0 Å². The van der Waals surface area contributed by atoms with Crippen molar-refractivity contribution in [2.75, 3.05) is 0 Å². The van der Waals surface area contributed by atoms with Crippen molar-refractivity contribution in [3.8, 4) is 0 Å². The van der Waals surface area contributed by atoms with Crippen LogP contribution < -0.4 is 0 Å². The molecule has 0 aromatic rings. The van der Waals surface area contributed by atoms with Gasteiger partial charge < -0.3 is 0 Å². The number of hydrogen-bond acceptors (Lipinski definition) is 0. The molecule has 0 unspecified atom stereocenters. The molecule has 0 nitrogen and oxygen atoms in total. The van der Waals surface area contributed by atoms with Crippen molar-refractivity contribution in [1.82, 2.24) is 0 Å². The molecular weight excluding hydrogens is 162 g/mol.